The summed E-state index contributed by atoms with van der Waals surface area (Å²) in [6.07, 6.45) is 4.59. The number of nitrogens with zero attached hydrogens (tertiary/aromatic N) is 2. The zero-order valence-corrected chi connectivity index (χ0v) is 14.1. The number of aromatic nitrogens is 2. The van der Waals surface area contributed by atoms with E-state index in [4.69, 9.17) is 9.26 Å². The fourth-order valence-electron chi connectivity index (χ4n) is 3.08. The van der Waals surface area contributed by atoms with E-state index in [0.29, 0.717) is 35.0 Å². The van der Waals surface area contributed by atoms with Crippen molar-refractivity contribution in [2.24, 2.45) is 5.92 Å². The van der Waals surface area contributed by atoms with Crippen LogP contribution in [0.3, 0.4) is 0 Å². The minimum Gasteiger partial charge on any atom is -0.485 e. The molecule has 0 bridgehead atoms. The first-order valence-electron chi connectivity index (χ1n) is 8.43. The van der Waals surface area contributed by atoms with Crippen molar-refractivity contribution in [2.75, 3.05) is 0 Å². The van der Waals surface area contributed by atoms with Crippen molar-refractivity contribution in [1.29, 1.82) is 0 Å². The van der Waals surface area contributed by atoms with Crippen LogP contribution in [0.2, 0.25) is 0 Å². The van der Waals surface area contributed by atoms with Crippen LogP contribution in [-0.2, 0) is 6.61 Å². The predicted octanol–water partition coefficient (Wildman–Crippen LogP) is 3.27. The molecule has 1 aromatic heterocycles. The van der Waals surface area contributed by atoms with Gasteiger partial charge in [-0.25, -0.2) is 0 Å². The highest BCUT2D eigenvalue weighted by Gasteiger charge is 2.20. The average Bonchev–Trinajstić information content (AvgIpc) is 2.99. The zero-order chi connectivity index (χ0) is 16.9. The third kappa shape index (κ3) is 4.34. The number of ether oxygens (including phenoxy) is 1. The number of nitrogens with one attached hydrogen (secondary N) is 1. The molecule has 24 heavy (non-hydrogen) atoms. The molecule has 1 aromatic carbocycles. The van der Waals surface area contributed by atoms with Gasteiger partial charge in [-0.3, -0.25) is 4.79 Å². The highest BCUT2D eigenvalue weighted by Crippen LogP contribution is 2.24. The molecule has 128 valence electrons. The normalized spacial score (nSPS) is 20.6. The van der Waals surface area contributed by atoms with Gasteiger partial charge in [0.1, 0.15) is 5.75 Å². The topological polar surface area (TPSA) is 77.2 Å². The van der Waals surface area contributed by atoms with Crippen molar-refractivity contribution < 1.29 is 14.1 Å². The number of rotatable bonds is 5. The fourth-order valence-corrected chi connectivity index (χ4v) is 3.08. The van der Waals surface area contributed by atoms with Crippen LogP contribution in [-0.4, -0.2) is 22.1 Å². The summed E-state index contributed by atoms with van der Waals surface area (Å²) in [6, 6.07) is 7.41. The van der Waals surface area contributed by atoms with Crippen molar-refractivity contribution in [1.82, 2.24) is 15.5 Å². The molecule has 3 rings (SSSR count). The lowest BCUT2D eigenvalue weighted by molar-refractivity contribution is 0.0921. The van der Waals surface area contributed by atoms with Crippen LogP contribution in [0.25, 0.3) is 0 Å². The van der Waals surface area contributed by atoms with Gasteiger partial charge in [0.15, 0.2) is 6.61 Å². The molecule has 0 unspecified atom stereocenters. The second-order valence-corrected chi connectivity index (χ2v) is 6.48. The summed E-state index contributed by atoms with van der Waals surface area (Å²) in [7, 11) is 0. The predicted molar refractivity (Wildman–Crippen MR) is 88.7 cm³/mol. The summed E-state index contributed by atoms with van der Waals surface area (Å²) in [4.78, 5) is 16.4. The Balaban J connectivity index is 1.52. The van der Waals surface area contributed by atoms with Crippen molar-refractivity contribution >= 4 is 5.91 Å². The van der Waals surface area contributed by atoms with Gasteiger partial charge in [0.2, 0.25) is 11.7 Å². The van der Waals surface area contributed by atoms with Crippen molar-refractivity contribution in [3.8, 4) is 5.75 Å². The molecule has 1 saturated carbocycles. The van der Waals surface area contributed by atoms with E-state index in [1.165, 1.54) is 12.8 Å². The smallest absolute Gasteiger partial charge is 0.251 e. The van der Waals surface area contributed by atoms with E-state index in [1.807, 2.05) is 0 Å². The highest BCUT2D eigenvalue weighted by molar-refractivity contribution is 5.94. The van der Waals surface area contributed by atoms with Gasteiger partial charge >= 0.3 is 0 Å². The van der Waals surface area contributed by atoms with Crippen molar-refractivity contribution in [3.05, 3.63) is 41.5 Å². The van der Waals surface area contributed by atoms with E-state index >= 15 is 0 Å². The summed E-state index contributed by atoms with van der Waals surface area (Å²) in [5.41, 5.74) is 0.649. The minimum absolute atomic E-state index is 0.0190. The molecule has 0 radical (unpaired) electrons. The van der Waals surface area contributed by atoms with Gasteiger partial charge in [-0.15, -0.1) is 0 Å². The van der Waals surface area contributed by atoms with Crippen LogP contribution in [0.15, 0.2) is 28.8 Å². The van der Waals surface area contributed by atoms with Crippen LogP contribution < -0.4 is 10.1 Å². The largest absolute Gasteiger partial charge is 0.485 e. The highest BCUT2D eigenvalue weighted by atomic mass is 16.5. The van der Waals surface area contributed by atoms with Crippen molar-refractivity contribution in [3.63, 3.8) is 0 Å². The quantitative estimate of drug-likeness (QED) is 0.911. The summed E-state index contributed by atoms with van der Waals surface area (Å²) in [5.74, 6) is 2.35. The Hall–Kier alpha value is -2.37. The molecule has 1 amide bonds. The third-order valence-corrected chi connectivity index (χ3v) is 4.33. The van der Waals surface area contributed by atoms with Crippen molar-refractivity contribution in [2.45, 2.75) is 52.2 Å². The standard InChI is InChI=1S/C18H23N3O3/c1-12-4-3-5-15(10-12)20-18(22)14-6-8-16(9-7-14)23-11-17-19-13(2)24-21-17/h6-9,12,15H,3-5,10-11H2,1-2H3,(H,20,22)/t12-,15-/m0/s1. The van der Waals surface area contributed by atoms with Crippen LogP contribution in [0, 0.1) is 12.8 Å². The van der Waals surface area contributed by atoms with Gasteiger partial charge in [-0.2, -0.15) is 4.98 Å². The molecular formula is C18H23N3O3. The average molecular weight is 329 g/mol. The third-order valence-electron chi connectivity index (χ3n) is 4.33. The number of carbonyl (C=O) groups excluding carboxylic acids is 1. The molecule has 2 atom stereocenters. The molecule has 6 heteroatoms. The summed E-state index contributed by atoms with van der Waals surface area (Å²) >= 11 is 0. The fraction of sp³-hybridized carbons (Fsp3) is 0.500. The molecule has 1 fully saturated rings. The molecular weight excluding hydrogens is 306 g/mol. The van der Waals surface area contributed by atoms with Gasteiger partial charge in [0, 0.05) is 18.5 Å². The lowest BCUT2D eigenvalue weighted by Crippen LogP contribution is -2.37. The lowest BCUT2D eigenvalue weighted by Gasteiger charge is -2.27. The molecule has 2 aromatic rings. The first kappa shape index (κ1) is 16.5. The van der Waals surface area contributed by atoms with E-state index in [-0.39, 0.29) is 12.5 Å². The molecule has 1 N–H and O–H groups in total. The summed E-state index contributed by atoms with van der Waals surface area (Å²) in [6.45, 7) is 4.22. The van der Waals surface area contributed by atoms with Gasteiger partial charge in [0.25, 0.3) is 5.91 Å². The maximum Gasteiger partial charge on any atom is 0.251 e. The Morgan fingerprint density at radius 2 is 2.12 bits per heavy atom. The molecule has 0 saturated heterocycles. The van der Waals surface area contributed by atoms with Gasteiger partial charge in [0.05, 0.1) is 0 Å². The second kappa shape index (κ2) is 7.47. The number of hydrogen-bond acceptors (Lipinski definition) is 5. The van der Waals surface area contributed by atoms with Gasteiger partial charge in [-0.1, -0.05) is 24.9 Å². The SMILES string of the molecule is Cc1nc(COc2ccc(C(=O)N[C@H]3CCC[C@H](C)C3)cc2)no1. The van der Waals surface area contributed by atoms with Gasteiger partial charge < -0.3 is 14.6 Å². The van der Waals surface area contributed by atoms with Crippen LogP contribution >= 0.6 is 0 Å². The maximum absolute atomic E-state index is 12.3. The Labute approximate surface area is 141 Å². The molecule has 1 heterocycles. The maximum atomic E-state index is 12.3. The summed E-state index contributed by atoms with van der Waals surface area (Å²) in [5, 5.41) is 6.91. The number of carbonyl (C=O) groups is 1. The van der Waals surface area contributed by atoms with Gasteiger partial charge in [-0.05, 0) is 43.0 Å². The van der Waals surface area contributed by atoms with E-state index in [2.05, 4.69) is 22.4 Å². The Morgan fingerprint density at radius 1 is 1.33 bits per heavy atom. The van der Waals surface area contributed by atoms with Crippen LogP contribution in [0.4, 0.5) is 0 Å². The Morgan fingerprint density at radius 3 is 2.79 bits per heavy atom. The Kier molecular flexibility index (Phi) is 5.13. The lowest BCUT2D eigenvalue weighted by atomic mass is 9.87. The molecule has 0 aliphatic heterocycles. The van der Waals surface area contributed by atoms with E-state index in [0.717, 1.165) is 12.8 Å². The second-order valence-electron chi connectivity index (χ2n) is 6.48. The monoisotopic (exact) mass is 329 g/mol. The van der Waals surface area contributed by atoms with E-state index in [9.17, 15) is 4.79 Å². The number of hydrogen-bond donors (Lipinski definition) is 1. The first-order chi connectivity index (χ1) is 11.6. The summed E-state index contributed by atoms with van der Waals surface area (Å²) < 4.78 is 10.5. The van der Waals surface area contributed by atoms with E-state index in [1.54, 1.807) is 31.2 Å². The molecule has 6 nitrogen and oxygen atoms in total. The van der Waals surface area contributed by atoms with Crippen LogP contribution in [0.5, 0.6) is 5.75 Å². The molecule has 1 aliphatic rings. The van der Waals surface area contributed by atoms with E-state index < -0.39 is 0 Å². The number of benzene rings is 1. The number of amides is 1. The van der Waals surface area contributed by atoms with Crippen LogP contribution in [0.1, 0.15) is 54.7 Å². The zero-order valence-electron chi connectivity index (χ0n) is 14.1. The first-order valence-corrected chi connectivity index (χ1v) is 8.43. The minimum atomic E-state index is -0.0190. The molecule has 0 spiro atoms. The number of aryl methyl sites for hydroxylation is 1. The molecule has 1 aliphatic carbocycles. The Bertz CT molecular complexity index is 681.